The predicted molar refractivity (Wildman–Crippen MR) is 84.2 cm³/mol. The molecule has 2 aromatic rings. The van der Waals surface area contributed by atoms with Crippen LogP contribution in [0, 0.1) is 0 Å². The molecule has 0 bridgehead atoms. The van der Waals surface area contributed by atoms with E-state index in [4.69, 9.17) is 0 Å². The monoisotopic (exact) mass is 371 g/mol. The van der Waals surface area contributed by atoms with E-state index in [0.29, 0.717) is 5.16 Å². The average molecular weight is 371 g/mol. The van der Waals surface area contributed by atoms with E-state index in [1.807, 2.05) is 0 Å². The van der Waals surface area contributed by atoms with Gasteiger partial charge in [0.1, 0.15) is 6.04 Å². The standard InChI is InChI=1S/C14H12F3N5O2S/c1-25-13-20-12-19-10(23)6-9(22(12)21-13)11(24)18-8-5-3-2-4-7(8)14(15,16)17/h2-5,9H,6H2,1H3,(H,18,24)(H,19,20,21,23)/t9-/m1/s1. The highest BCUT2D eigenvalue weighted by atomic mass is 32.2. The summed E-state index contributed by atoms with van der Waals surface area (Å²) >= 11 is 1.21. The van der Waals surface area contributed by atoms with Crippen LogP contribution in [0.25, 0.3) is 0 Å². The number of fused-ring (bicyclic) bond motifs is 1. The maximum absolute atomic E-state index is 13.0. The lowest BCUT2D eigenvalue weighted by molar-refractivity contribution is -0.137. The van der Waals surface area contributed by atoms with Crippen LogP contribution in [0.2, 0.25) is 0 Å². The first kappa shape index (κ1) is 17.3. The van der Waals surface area contributed by atoms with Crippen LogP contribution in [0.5, 0.6) is 0 Å². The van der Waals surface area contributed by atoms with Crippen molar-refractivity contribution in [2.45, 2.75) is 23.8 Å². The number of thioether (sulfide) groups is 1. The van der Waals surface area contributed by atoms with Crippen LogP contribution in [-0.4, -0.2) is 32.8 Å². The molecule has 25 heavy (non-hydrogen) atoms. The minimum Gasteiger partial charge on any atom is -0.324 e. The molecule has 2 heterocycles. The molecule has 7 nitrogen and oxygen atoms in total. The number of amides is 2. The van der Waals surface area contributed by atoms with Crippen LogP contribution < -0.4 is 10.6 Å². The van der Waals surface area contributed by atoms with Crippen molar-refractivity contribution in [3.63, 3.8) is 0 Å². The zero-order valence-electron chi connectivity index (χ0n) is 12.8. The Balaban J connectivity index is 1.90. The van der Waals surface area contributed by atoms with Gasteiger partial charge in [0, 0.05) is 0 Å². The van der Waals surface area contributed by atoms with E-state index in [1.165, 1.54) is 28.6 Å². The number of aromatic nitrogens is 3. The maximum Gasteiger partial charge on any atom is 0.418 e. The second-order valence-corrected chi connectivity index (χ2v) is 5.94. The van der Waals surface area contributed by atoms with Gasteiger partial charge in [0.25, 0.3) is 0 Å². The molecule has 1 aromatic carbocycles. The average Bonchev–Trinajstić information content (AvgIpc) is 2.96. The summed E-state index contributed by atoms with van der Waals surface area (Å²) < 4.78 is 40.3. The third-order valence-corrected chi connectivity index (χ3v) is 4.05. The number of nitrogens with zero attached hydrogens (tertiary/aromatic N) is 3. The minimum absolute atomic E-state index is 0.0878. The molecule has 2 amide bonds. The van der Waals surface area contributed by atoms with Gasteiger partial charge in [-0.3, -0.25) is 14.9 Å². The molecule has 1 atom stereocenters. The van der Waals surface area contributed by atoms with E-state index in [1.54, 1.807) is 6.26 Å². The summed E-state index contributed by atoms with van der Waals surface area (Å²) in [7, 11) is 0. The van der Waals surface area contributed by atoms with Crippen LogP contribution in [0.15, 0.2) is 29.4 Å². The molecular formula is C14H12F3N5O2S. The van der Waals surface area contributed by atoms with Gasteiger partial charge in [0.2, 0.25) is 22.9 Å². The quantitative estimate of drug-likeness (QED) is 0.810. The smallest absolute Gasteiger partial charge is 0.324 e. The van der Waals surface area contributed by atoms with Gasteiger partial charge in [0.15, 0.2) is 0 Å². The number of carbonyl (C=O) groups is 2. The molecule has 3 rings (SSSR count). The SMILES string of the molecule is CSc1nc2n(n1)[C@@H](C(=O)Nc1ccccc1C(F)(F)F)CC(=O)N2. The van der Waals surface area contributed by atoms with E-state index in [2.05, 4.69) is 20.7 Å². The predicted octanol–water partition coefficient (Wildman–Crippen LogP) is 2.54. The van der Waals surface area contributed by atoms with E-state index in [0.717, 1.165) is 12.1 Å². The first-order chi connectivity index (χ1) is 11.8. The summed E-state index contributed by atoms with van der Waals surface area (Å²) in [5, 5.41) is 9.15. The summed E-state index contributed by atoms with van der Waals surface area (Å²) in [5.41, 5.74) is -1.34. The number of hydrogen-bond donors (Lipinski definition) is 2. The van der Waals surface area contributed by atoms with Crippen molar-refractivity contribution >= 4 is 35.2 Å². The first-order valence-corrected chi connectivity index (χ1v) is 8.29. The molecule has 1 aliphatic heterocycles. The van der Waals surface area contributed by atoms with Gasteiger partial charge in [-0.1, -0.05) is 23.9 Å². The molecule has 2 N–H and O–H groups in total. The van der Waals surface area contributed by atoms with Crippen molar-refractivity contribution in [1.29, 1.82) is 0 Å². The Morgan fingerprint density at radius 2 is 2.12 bits per heavy atom. The van der Waals surface area contributed by atoms with E-state index < -0.39 is 29.6 Å². The lowest BCUT2D eigenvalue weighted by Crippen LogP contribution is -2.36. The first-order valence-electron chi connectivity index (χ1n) is 7.07. The van der Waals surface area contributed by atoms with Gasteiger partial charge < -0.3 is 5.32 Å². The Kier molecular flexibility index (Phi) is 4.41. The van der Waals surface area contributed by atoms with Crippen molar-refractivity contribution in [3.8, 4) is 0 Å². The van der Waals surface area contributed by atoms with Crippen LogP contribution in [-0.2, 0) is 15.8 Å². The Bertz CT molecular complexity index is 836. The highest BCUT2D eigenvalue weighted by Crippen LogP contribution is 2.35. The Hall–Kier alpha value is -2.56. The van der Waals surface area contributed by atoms with Gasteiger partial charge >= 0.3 is 6.18 Å². The number of carbonyl (C=O) groups excluding carboxylic acids is 2. The number of rotatable bonds is 3. The Morgan fingerprint density at radius 1 is 1.40 bits per heavy atom. The number of alkyl halides is 3. The summed E-state index contributed by atoms with van der Waals surface area (Å²) in [5.74, 6) is -1.15. The molecule has 0 unspecified atom stereocenters. The van der Waals surface area contributed by atoms with Gasteiger partial charge in [-0.05, 0) is 18.4 Å². The van der Waals surface area contributed by atoms with Gasteiger partial charge in [0.05, 0.1) is 17.7 Å². The van der Waals surface area contributed by atoms with E-state index in [9.17, 15) is 22.8 Å². The van der Waals surface area contributed by atoms with Crippen molar-refractivity contribution in [1.82, 2.24) is 14.8 Å². The molecule has 0 aliphatic carbocycles. The molecule has 0 saturated carbocycles. The molecular weight excluding hydrogens is 359 g/mol. The number of benzene rings is 1. The molecule has 0 spiro atoms. The summed E-state index contributed by atoms with van der Waals surface area (Å²) in [6.07, 6.45) is -3.14. The number of nitrogens with one attached hydrogen (secondary N) is 2. The van der Waals surface area contributed by atoms with Crippen LogP contribution in [0.4, 0.5) is 24.8 Å². The van der Waals surface area contributed by atoms with Crippen LogP contribution in [0.3, 0.4) is 0 Å². The fraction of sp³-hybridized carbons (Fsp3) is 0.286. The largest absolute Gasteiger partial charge is 0.418 e. The van der Waals surface area contributed by atoms with Gasteiger partial charge in [-0.25, -0.2) is 4.68 Å². The molecule has 11 heteroatoms. The number of para-hydroxylation sites is 1. The molecule has 0 radical (unpaired) electrons. The molecule has 1 aromatic heterocycles. The molecule has 1 aliphatic rings. The fourth-order valence-corrected chi connectivity index (χ4v) is 2.74. The Morgan fingerprint density at radius 3 is 2.80 bits per heavy atom. The zero-order chi connectivity index (χ0) is 18.2. The third-order valence-electron chi connectivity index (χ3n) is 3.51. The second-order valence-electron chi connectivity index (χ2n) is 5.17. The maximum atomic E-state index is 13.0. The van der Waals surface area contributed by atoms with Crippen molar-refractivity contribution in [2.75, 3.05) is 16.9 Å². The third kappa shape index (κ3) is 3.45. The van der Waals surface area contributed by atoms with Gasteiger partial charge in [-0.2, -0.15) is 18.2 Å². The van der Waals surface area contributed by atoms with Crippen molar-refractivity contribution in [2.24, 2.45) is 0 Å². The summed E-state index contributed by atoms with van der Waals surface area (Å²) in [6.45, 7) is 0. The minimum atomic E-state index is -4.61. The van der Waals surface area contributed by atoms with Crippen LogP contribution >= 0.6 is 11.8 Å². The topological polar surface area (TPSA) is 88.9 Å². The number of anilines is 2. The van der Waals surface area contributed by atoms with Gasteiger partial charge in [-0.15, -0.1) is 5.10 Å². The van der Waals surface area contributed by atoms with Crippen LogP contribution in [0.1, 0.15) is 18.0 Å². The van der Waals surface area contributed by atoms with Crippen molar-refractivity contribution < 1.29 is 22.8 Å². The molecule has 0 saturated heterocycles. The second kappa shape index (κ2) is 6.39. The summed E-state index contributed by atoms with van der Waals surface area (Å²) in [6, 6.07) is 3.55. The lowest BCUT2D eigenvalue weighted by Gasteiger charge is -2.23. The lowest BCUT2D eigenvalue weighted by atomic mass is 10.1. The highest BCUT2D eigenvalue weighted by molar-refractivity contribution is 7.98. The number of hydrogen-bond acceptors (Lipinski definition) is 5. The highest BCUT2D eigenvalue weighted by Gasteiger charge is 2.36. The fourth-order valence-electron chi connectivity index (χ4n) is 2.39. The van der Waals surface area contributed by atoms with Crippen molar-refractivity contribution in [3.05, 3.63) is 29.8 Å². The molecule has 0 fully saturated rings. The normalized spacial score (nSPS) is 17.0. The molecule has 132 valence electrons. The van der Waals surface area contributed by atoms with E-state index >= 15 is 0 Å². The number of halogens is 3. The Labute approximate surface area is 144 Å². The van der Waals surface area contributed by atoms with E-state index in [-0.39, 0.29) is 18.1 Å². The summed E-state index contributed by atoms with van der Waals surface area (Å²) in [4.78, 5) is 28.3. The zero-order valence-corrected chi connectivity index (χ0v) is 13.6.